The Morgan fingerprint density at radius 3 is 2.75 bits per heavy atom. The van der Waals surface area contributed by atoms with Gasteiger partial charge in [-0.3, -0.25) is 10.1 Å². The van der Waals surface area contributed by atoms with Crippen molar-refractivity contribution in [1.29, 1.82) is 0 Å². The topological polar surface area (TPSA) is 96.2 Å². The van der Waals surface area contributed by atoms with Crippen molar-refractivity contribution in [2.75, 3.05) is 37.8 Å². The quantitative estimate of drug-likeness (QED) is 0.551. The van der Waals surface area contributed by atoms with Crippen LogP contribution in [0.4, 0.5) is 17.5 Å². The maximum Gasteiger partial charge on any atom is 0.329 e. The second-order valence-electron chi connectivity index (χ2n) is 4.85. The molecule has 20 heavy (non-hydrogen) atoms. The van der Waals surface area contributed by atoms with Crippen LogP contribution < -0.4 is 10.6 Å². The fraction of sp³-hybridized carbons (Fsp3) is 0.667. The van der Waals surface area contributed by atoms with E-state index in [9.17, 15) is 10.1 Å². The lowest BCUT2D eigenvalue weighted by Crippen LogP contribution is -2.24. The second-order valence-corrected chi connectivity index (χ2v) is 4.85. The number of nitro groups is 1. The molecule has 8 heteroatoms. The van der Waals surface area contributed by atoms with Crippen LogP contribution in [0.25, 0.3) is 0 Å². The molecule has 112 valence electrons. The molecule has 1 atom stereocenters. The molecule has 1 aromatic rings. The highest BCUT2D eigenvalue weighted by atomic mass is 16.6. The van der Waals surface area contributed by atoms with E-state index in [0.717, 1.165) is 13.0 Å². The zero-order chi connectivity index (χ0) is 15.1. The third kappa shape index (κ3) is 4.96. The molecule has 0 spiro atoms. The largest absolute Gasteiger partial charge is 0.362 e. The molecule has 2 N–H and O–H groups in total. The van der Waals surface area contributed by atoms with Gasteiger partial charge in [-0.05, 0) is 40.9 Å². The summed E-state index contributed by atoms with van der Waals surface area (Å²) in [6, 6.07) is 0.0838. The number of hydrogen-bond donors (Lipinski definition) is 2. The van der Waals surface area contributed by atoms with Gasteiger partial charge in [-0.1, -0.05) is 0 Å². The predicted molar refractivity (Wildman–Crippen MR) is 79.1 cm³/mol. The molecule has 0 aliphatic rings. The van der Waals surface area contributed by atoms with E-state index in [2.05, 4.69) is 25.5 Å². The number of rotatable bonds is 8. The number of aromatic nitrogens is 2. The highest BCUT2D eigenvalue weighted by Crippen LogP contribution is 2.23. The van der Waals surface area contributed by atoms with Crippen LogP contribution in [-0.4, -0.2) is 53.0 Å². The lowest BCUT2D eigenvalue weighted by molar-refractivity contribution is -0.384. The van der Waals surface area contributed by atoms with Crippen LogP contribution in [0.5, 0.6) is 0 Å². The van der Waals surface area contributed by atoms with Crippen molar-refractivity contribution in [3.05, 3.63) is 16.3 Å². The van der Waals surface area contributed by atoms with Gasteiger partial charge in [0.2, 0.25) is 11.8 Å². The summed E-state index contributed by atoms with van der Waals surface area (Å²) in [5.41, 5.74) is -0.108. The summed E-state index contributed by atoms with van der Waals surface area (Å²) in [6.45, 7) is 5.44. The molecule has 0 radical (unpaired) electrons. The van der Waals surface area contributed by atoms with Crippen LogP contribution in [0.1, 0.15) is 20.3 Å². The van der Waals surface area contributed by atoms with Gasteiger partial charge < -0.3 is 15.5 Å². The van der Waals surface area contributed by atoms with Gasteiger partial charge in [0.1, 0.15) is 6.20 Å². The summed E-state index contributed by atoms with van der Waals surface area (Å²) in [4.78, 5) is 20.7. The van der Waals surface area contributed by atoms with Gasteiger partial charge in [-0.2, -0.15) is 4.98 Å². The van der Waals surface area contributed by atoms with Crippen LogP contribution in [0.15, 0.2) is 6.20 Å². The molecule has 0 saturated carbocycles. The number of hydrogen-bond acceptors (Lipinski definition) is 7. The van der Waals surface area contributed by atoms with Crippen LogP contribution in [-0.2, 0) is 0 Å². The molecule has 0 fully saturated rings. The second kappa shape index (κ2) is 7.59. The van der Waals surface area contributed by atoms with Crippen molar-refractivity contribution < 1.29 is 4.92 Å². The Kier molecular flexibility index (Phi) is 6.10. The van der Waals surface area contributed by atoms with Gasteiger partial charge in [-0.15, -0.1) is 0 Å². The molecule has 0 aliphatic heterocycles. The summed E-state index contributed by atoms with van der Waals surface area (Å²) >= 11 is 0. The maximum atomic E-state index is 11.0. The Morgan fingerprint density at radius 2 is 2.20 bits per heavy atom. The molecule has 0 aliphatic carbocycles. The van der Waals surface area contributed by atoms with Crippen molar-refractivity contribution in [2.45, 2.75) is 26.3 Å². The summed E-state index contributed by atoms with van der Waals surface area (Å²) in [5, 5.41) is 17.0. The number of nitrogens with one attached hydrogen (secondary N) is 2. The van der Waals surface area contributed by atoms with E-state index < -0.39 is 4.92 Å². The molecule has 1 heterocycles. The Bertz CT molecular complexity index is 452. The molecule has 0 aromatic carbocycles. The summed E-state index contributed by atoms with van der Waals surface area (Å²) < 4.78 is 0. The van der Waals surface area contributed by atoms with Gasteiger partial charge in [0.25, 0.3) is 0 Å². The van der Waals surface area contributed by atoms with Gasteiger partial charge in [0.15, 0.2) is 0 Å². The monoisotopic (exact) mass is 282 g/mol. The van der Waals surface area contributed by atoms with Crippen LogP contribution >= 0.6 is 0 Å². The standard InChI is InChI=1S/C12H22N6O2/c1-5-13-12-14-8-10(18(19)20)11(16-12)15-9(2)6-7-17(3)4/h8-9H,5-7H2,1-4H3,(H2,13,14,15,16). The Morgan fingerprint density at radius 1 is 1.50 bits per heavy atom. The molecule has 1 unspecified atom stereocenters. The van der Waals surface area contributed by atoms with E-state index in [1.54, 1.807) is 0 Å². The van der Waals surface area contributed by atoms with Crippen LogP contribution in [0.3, 0.4) is 0 Å². The molecule has 0 saturated heterocycles. The minimum absolute atomic E-state index is 0.0838. The van der Waals surface area contributed by atoms with E-state index in [1.165, 1.54) is 6.20 Å². The molecule has 8 nitrogen and oxygen atoms in total. The number of anilines is 2. The molecular weight excluding hydrogens is 260 g/mol. The van der Waals surface area contributed by atoms with Crippen molar-refractivity contribution >= 4 is 17.5 Å². The van der Waals surface area contributed by atoms with E-state index >= 15 is 0 Å². The van der Waals surface area contributed by atoms with Crippen molar-refractivity contribution in [2.24, 2.45) is 0 Å². The highest BCUT2D eigenvalue weighted by Gasteiger charge is 2.18. The minimum Gasteiger partial charge on any atom is -0.362 e. The molecule has 0 amide bonds. The molecule has 0 bridgehead atoms. The Labute approximate surface area is 118 Å². The third-order valence-electron chi connectivity index (χ3n) is 2.69. The van der Waals surface area contributed by atoms with Crippen molar-refractivity contribution in [1.82, 2.24) is 14.9 Å². The van der Waals surface area contributed by atoms with Crippen LogP contribution in [0, 0.1) is 10.1 Å². The molecule has 1 aromatic heterocycles. The van der Waals surface area contributed by atoms with Gasteiger partial charge in [-0.25, -0.2) is 4.98 Å². The van der Waals surface area contributed by atoms with E-state index in [1.807, 2.05) is 27.9 Å². The van der Waals surface area contributed by atoms with E-state index in [4.69, 9.17) is 0 Å². The highest BCUT2D eigenvalue weighted by molar-refractivity contribution is 5.57. The van der Waals surface area contributed by atoms with Crippen molar-refractivity contribution in [3.8, 4) is 0 Å². The molecular formula is C12H22N6O2. The van der Waals surface area contributed by atoms with Gasteiger partial charge >= 0.3 is 5.69 Å². The Hall–Kier alpha value is -1.96. The van der Waals surface area contributed by atoms with Gasteiger partial charge in [0, 0.05) is 12.6 Å². The predicted octanol–water partition coefficient (Wildman–Crippen LogP) is 1.57. The smallest absolute Gasteiger partial charge is 0.329 e. The normalized spacial score (nSPS) is 12.2. The first-order valence-corrected chi connectivity index (χ1v) is 6.60. The minimum atomic E-state index is -0.475. The van der Waals surface area contributed by atoms with Crippen LogP contribution in [0.2, 0.25) is 0 Å². The fourth-order valence-corrected chi connectivity index (χ4v) is 1.62. The zero-order valence-electron chi connectivity index (χ0n) is 12.4. The summed E-state index contributed by atoms with van der Waals surface area (Å²) in [5.74, 6) is 0.646. The average Bonchev–Trinajstić information content (AvgIpc) is 2.36. The maximum absolute atomic E-state index is 11.0. The first-order valence-electron chi connectivity index (χ1n) is 6.60. The van der Waals surface area contributed by atoms with Gasteiger partial charge in [0.05, 0.1) is 4.92 Å². The van der Waals surface area contributed by atoms with E-state index in [-0.39, 0.29) is 17.5 Å². The molecule has 1 rings (SSSR count). The zero-order valence-corrected chi connectivity index (χ0v) is 12.4. The lowest BCUT2D eigenvalue weighted by atomic mass is 10.2. The van der Waals surface area contributed by atoms with E-state index in [0.29, 0.717) is 12.5 Å². The first-order chi connectivity index (χ1) is 9.43. The average molecular weight is 282 g/mol. The SMILES string of the molecule is CCNc1ncc([N+](=O)[O-])c(NC(C)CCN(C)C)n1. The summed E-state index contributed by atoms with van der Waals surface area (Å²) in [6.07, 6.45) is 2.09. The van der Waals surface area contributed by atoms with Crippen molar-refractivity contribution in [3.63, 3.8) is 0 Å². The Balaban J connectivity index is 2.83. The first kappa shape index (κ1) is 16.1. The summed E-state index contributed by atoms with van der Waals surface area (Å²) in [7, 11) is 3.98. The lowest BCUT2D eigenvalue weighted by Gasteiger charge is -2.17. The fourth-order valence-electron chi connectivity index (χ4n) is 1.62. The third-order valence-corrected chi connectivity index (χ3v) is 2.69. The number of nitrogens with zero attached hydrogens (tertiary/aromatic N) is 4.